The van der Waals surface area contributed by atoms with Gasteiger partial charge in [0, 0.05) is 6.42 Å². The molecule has 1 saturated heterocycles. The molecule has 0 spiro atoms. The van der Waals surface area contributed by atoms with Crippen LogP contribution in [0, 0.1) is 5.92 Å². The highest BCUT2D eigenvalue weighted by Crippen LogP contribution is 2.26. The van der Waals surface area contributed by atoms with Crippen LogP contribution in [-0.4, -0.2) is 12.0 Å². The zero-order valence-electron chi connectivity index (χ0n) is 7.09. The number of hydrogen-bond donors (Lipinski definition) is 0. The summed E-state index contributed by atoms with van der Waals surface area (Å²) in [7, 11) is 0. The highest BCUT2D eigenvalue weighted by molar-refractivity contribution is 5.49. The Kier molecular flexibility index (Phi) is 2.72. The molecule has 0 bridgehead atoms. The first-order valence-electron chi connectivity index (χ1n) is 4.16. The zero-order valence-corrected chi connectivity index (χ0v) is 7.09. The molecule has 1 aliphatic heterocycles. The van der Waals surface area contributed by atoms with Gasteiger partial charge in [-0.3, -0.25) is 0 Å². The predicted molar refractivity (Wildman–Crippen MR) is 42.8 cm³/mol. The van der Waals surface area contributed by atoms with Gasteiger partial charge in [0.15, 0.2) is 11.7 Å². The molecule has 11 heavy (non-hydrogen) atoms. The third-order valence-corrected chi connectivity index (χ3v) is 2.08. The fourth-order valence-electron chi connectivity index (χ4n) is 1.46. The summed E-state index contributed by atoms with van der Waals surface area (Å²) >= 11 is 0. The third-order valence-electron chi connectivity index (χ3n) is 2.08. The lowest BCUT2D eigenvalue weighted by Gasteiger charge is -2.27. The molecule has 1 heterocycles. The van der Waals surface area contributed by atoms with Gasteiger partial charge in [0.25, 0.3) is 0 Å². The van der Waals surface area contributed by atoms with E-state index in [9.17, 15) is 4.79 Å². The van der Waals surface area contributed by atoms with E-state index in [0.29, 0.717) is 11.7 Å². The van der Waals surface area contributed by atoms with E-state index < -0.39 is 0 Å². The Hall–Kier alpha value is -0.750. The van der Waals surface area contributed by atoms with Gasteiger partial charge >= 0.3 is 0 Å². The quantitative estimate of drug-likeness (QED) is 0.539. The van der Waals surface area contributed by atoms with Crippen LogP contribution in [0.15, 0.2) is 5.76 Å². The smallest absolute Gasteiger partial charge is 0.180 e. The molecule has 0 radical (unpaired) electrons. The van der Waals surface area contributed by atoms with Crippen molar-refractivity contribution in [3.8, 4) is 0 Å². The van der Waals surface area contributed by atoms with Gasteiger partial charge in [0.2, 0.25) is 0 Å². The number of hydrogen-bond acceptors (Lipinski definition) is 2. The maximum absolute atomic E-state index is 10.3. The van der Waals surface area contributed by atoms with Gasteiger partial charge in [-0.2, -0.15) is 0 Å². The highest BCUT2D eigenvalue weighted by Gasteiger charge is 2.22. The van der Waals surface area contributed by atoms with Crippen molar-refractivity contribution in [1.82, 2.24) is 0 Å². The highest BCUT2D eigenvalue weighted by atomic mass is 16.5. The van der Waals surface area contributed by atoms with E-state index in [0.717, 1.165) is 19.3 Å². The van der Waals surface area contributed by atoms with Crippen LogP contribution in [0.25, 0.3) is 0 Å². The normalized spacial score (nSPS) is 30.9. The summed E-state index contributed by atoms with van der Waals surface area (Å²) in [4.78, 5) is 10.3. The van der Waals surface area contributed by atoms with Crippen molar-refractivity contribution in [2.75, 3.05) is 0 Å². The van der Waals surface area contributed by atoms with E-state index >= 15 is 0 Å². The zero-order chi connectivity index (χ0) is 8.27. The van der Waals surface area contributed by atoms with Crippen molar-refractivity contribution < 1.29 is 9.53 Å². The average Bonchev–Trinajstić information content (AvgIpc) is 2.03. The van der Waals surface area contributed by atoms with Crippen molar-refractivity contribution in [2.24, 2.45) is 5.92 Å². The molecule has 0 aromatic heterocycles. The first kappa shape index (κ1) is 8.35. The van der Waals surface area contributed by atoms with Crippen LogP contribution in [0.5, 0.6) is 0 Å². The lowest BCUT2D eigenvalue weighted by atomic mass is 9.95. The maximum Gasteiger partial charge on any atom is 0.180 e. The monoisotopic (exact) mass is 154 g/mol. The van der Waals surface area contributed by atoms with Gasteiger partial charge in [-0.05, 0) is 18.8 Å². The molecular weight excluding hydrogens is 140 g/mol. The van der Waals surface area contributed by atoms with Crippen LogP contribution in [0.3, 0.4) is 0 Å². The second-order valence-electron chi connectivity index (χ2n) is 3.22. The largest absolute Gasteiger partial charge is 0.483 e. The Morgan fingerprint density at radius 2 is 2.45 bits per heavy atom. The molecule has 2 atom stereocenters. The lowest BCUT2D eigenvalue weighted by Crippen LogP contribution is -2.22. The molecule has 0 aromatic carbocycles. The van der Waals surface area contributed by atoms with Gasteiger partial charge in [-0.25, -0.2) is 4.79 Å². The molecule has 0 amide bonds. The van der Waals surface area contributed by atoms with E-state index in [1.54, 1.807) is 0 Å². The van der Waals surface area contributed by atoms with E-state index in [1.807, 2.05) is 5.94 Å². The predicted octanol–water partition coefficient (Wildman–Crippen LogP) is 1.93. The molecule has 0 aromatic rings. The number of rotatable bonds is 1. The van der Waals surface area contributed by atoms with Crippen LogP contribution >= 0.6 is 0 Å². The molecule has 0 N–H and O–H groups in total. The van der Waals surface area contributed by atoms with Crippen LogP contribution in [0.4, 0.5) is 0 Å². The molecule has 0 unspecified atom stereocenters. The van der Waals surface area contributed by atoms with Gasteiger partial charge in [-0.1, -0.05) is 13.8 Å². The first-order valence-corrected chi connectivity index (χ1v) is 4.16. The lowest BCUT2D eigenvalue weighted by molar-refractivity contribution is 0.0513. The Bertz CT molecular complexity index is 180. The fourth-order valence-corrected chi connectivity index (χ4v) is 1.46. The Balaban J connectivity index is 2.57. The Morgan fingerprint density at radius 1 is 1.73 bits per heavy atom. The minimum absolute atomic E-state index is 0.246. The maximum atomic E-state index is 10.3. The fraction of sp³-hybridized carbons (Fsp3) is 0.778. The molecular formula is C9H14O2. The average molecular weight is 154 g/mol. The molecule has 0 aliphatic carbocycles. The molecule has 0 saturated carbocycles. The molecule has 2 heteroatoms. The van der Waals surface area contributed by atoms with Crippen molar-refractivity contribution >= 4 is 5.94 Å². The minimum atomic E-state index is 0.246. The summed E-state index contributed by atoms with van der Waals surface area (Å²) < 4.78 is 5.35. The Labute approximate surface area is 67.2 Å². The first-order chi connectivity index (χ1) is 5.26. The Morgan fingerprint density at radius 3 is 3.00 bits per heavy atom. The topological polar surface area (TPSA) is 26.3 Å². The minimum Gasteiger partial charge on any atom is -0.483 e. The number of allylic oxidation sites excluding steroid dienone is 1. The molecule has 62 valence electrons. The van der Waals surface area contributed by atoms with E-state index in [1.165, 1.54) is 0 Å². The summed E-state index contributed by atoms with van der Waals surface area (Å²) in [5.41, 5.74) is 0. The van der Waals surface area contributed by atoms with Crippen molar-refractivity contribution in [1.29, 1.82) is 0 Å². The van der Waals surface area contributed by atoms with Crippen molar-refractivity contribution in [3.63, 3.8) is 0 Å². The van der Waals surface area contributed by atoms with Crippen molar-refractivity contribution in [2.45, 2.75) is 39.2 Å². The second kappa shape index (κ2) is 3.59. The third kappa shape index (κ3) is 2.09. The SMILES string of the molecule is CC[C@@H]1C[C@@H](C)CC(=C=O)O1. The second-order valence-corrected chi connectivity index (χ2v) is 3.22. The van der Waals surface area contributed by atoms with Crippen LogP contribution in [0.2, 0.25) is 0 Å². The molecule has 1 fully saturated rings. The molecule has 1 rings (SSSR count). The van der Waals surface area contributed by atoms with Crippen LogP contribution in [-0.2, 0) is 9.53 Å². The van der Waals surface area contributed by atoms with Gasteiger partial charge < -0.3 is 4.74 Å². The standard InChI is InChI=1S/C9H14O2/c1-3-8-4-7(2)5-9(6-10)11-8/h7-8H,3-5H2,1-2H3/t7-,8-/m1/s1. The summed E-state index contributed by atoms with van der Waals surface area (Å²) in [5, 5.41) is 0. The summed E-state index contributed by atoms with van der Waals surface area (Å²) in [6, 6.07) is 0. The van der Waals surface area contributed by atoms with Crippen LogP contribution < -0.4 is 0 Å². The van der Waals surface area contributed by atoms with Crippen LogP contribution in [0.1, 0.15) is 33.1 Å². The number of carbonyl (C=O) groups excluding carboxylic acids is 1. The molecule has 1 aliphatic rings. The summed E-state index contributed by atoms with van der Waals surface area (Å²) in [6.07, 6.45) is 3.06. The summed E-state index contributed by atoms with van der Waals surface area (Å²) in [6.45, 7) is 4.22. The molecule has 2 nitrogen and oxygen atoms in total. The van der Waals surface area contributed by atoms with E-state index in [4.69, 9.17) is 4.74 Å². The van der Waals surface area contributed by atoms with Crippen molar-refractivity contribution in [3.05, 3.63) is 5.76 Å². The van der Waals surface area contributed by atoms with E-state index in [-0.39, 0.29) is 6.10 Å². The summed E-state index contributed by atoms with van der Waals surface area (Å²) in [5.74, 6) is 2.93. The van der Waals surface area contributed by atoms with E-state index in [2.05, 4.69) is 13.8 Å². The van der Waals surface area contributed by atoms with Gasteiger partial charge in [0.1, 0.15) is 0 Å². The van der Waals surface area contributed by atoms with Gasteiger partial charge in [0.05, 0.1) is 6.10 Å². The number of ether oxygens (including phenoxy) is 1. The van der Waals surface area contributed by atoms with Gasteiger partial charge in [-0.15, -0.1) is 0 Å².